The Hall–Kier alpha value is -2.47. The van der Waals surface area contributed by atoms with Crippen molar-refractivity contribution in [3.05, 3.63) is 36.0 Å². The predicted octanol–water partition coefficient (Wildman–Crippen LogP) is 3.03. The number of rotatable bonds is 4. The second-order valence-corrected chi connectivity index (χ2v) is 7.97. The fourth-order valence-electron chi connectivity index (χ4n) is 4.30. The van der Waals surface area contributed by atoms with Crippen LogP contribution in [0.5, 0.6) is 0 Å². The summed E-state index contributed by atoms with van der Waals surface area (Å²) >= 11 is 0. The van der Waals surface area contributed by atoms with E-state index >= 15 is 0 Å². The lowest BCUT2D eigenvalue weighted by Gasteiger charge is -2.32. The van der Waals surface area contributed by atoms with Crippen molar-refractivity contribution in [2.45, 2.75) is 39.2 Å². The number of benzene rings is 1. The molecule has 2 amide bonds. The van der Waals surface area contributed by atoms with Crippen LogP contribution < -0.4 is 5.32 Å². The van der Waals surface area contributed by atoms with Gasteiger partial charge in [-0.1, -0.05) is 6.07 Å². The maximum atomic E-state index is 12.6. The van der Waals surface area contributed by atoms with Crippen LogP contribution in [0.15, 0.2) is 30.3 Å². The molecule has 1 N–H and O–H groups in total. The van der Waals surface area contributed by atoms with Crippen LogP contribution in [0.1, 0.15) is 38.3 Å². The van der Waals surface area contributed by atoms with Gasteiger partial charge in [0.25, 0.3) is 0 Å². The monoisotopic (exact) mass is 380 g/mol. The number of piperidine rings is 1. The molecule has 6 nitrogen and oxygen atoms in total. The molecule has 2 aromatic rings. The first kappa shape index (κ1) is 18.9. The number of hydrogen-bond acceptors (Lipinski definition) is 4. The van der Waals surface area contributed by atoms with E-state index in [1.807, 2.05) is 18.2 Å². The smallest absolute Gasteiger partial charge is 0.225 e. The first-order valence-corrected chi connectivity index (χ1v) is 10.3. The molecule has 2 saturated heterocycles. The van der Waals surface area contributed by atoms with Gasteiger partial charge in [-0.3, -0.25) is 19.5 Å². The molecule has 0 saturated carbocycles. The number of carbonyl (C=O) groups excluding carboxylic acids is 2. The van der Waals surface area contributed by atoms with Crippen molar-refractivity contribution in [2.24, 2.45) is 5.92 Å². The maximum absolute atomic E-state index is 12.6. The Labute approximate surface area is 165 Å². The van der Waals surface area contributed by atoms with Crippen LogP contribution in [0.4, 0.5) is 5.69 Å². The molecule has 0 aliphatic carbocycles. The Morgan fingerprint density at radius 2 is 1.82 bits per heavy atom. The number of aromatic nitrogens is 1. The molecule has 1 aromatic heterocycles. The molecule has 2 aliphatic rings. The van der Waals surface area contributed by atoms with Crippen LogP contribution >= 0.6 is 0 Å². The molecule has 3 heterocycles. The number of carbonyl (C=O) groups is 2. The molecule has 2 aliphatic heterocycles. The maximum Gasteiger partial charge on any atom is 0.225 e. The van der Waals surface area contributed by atoms with E-state index in [1.165, 1.54) is 6.92 Å². The Kier molecular flexibility index (Phi) is 5.57. The van der Waals surface area contributed by atoms with Gasteiger partial charge in [-0.25, -0.2) is 0 Å². The molecule has 0 atom stereocenters. The van der Waals surface area contributed by atoms with Gasteiger partial charge >= 0.3 is 0 Å². The van der Waals surface area contributed by atoms with Crippen molar-refractivity contribution in [3.8, 4) is 0 Å². The SMILES string of the molecule is CC(=O)Nc1ccc2nc(CN3CCC(C(=O)N4CCCC4)CC3)ccc2c1. The third kappa shape index (κ3) is 4.33. The van der Waals surface area contributed by atoms with Crippen molar-refractivity contribution in [1.29, 1.82) is 0 Å². The van der Waals surface area contributed by atoms with E-state index in [4.69, 9.17) is 4.98 Å². The second kappa shape index (κ2) is 8.27. The minimum atomic E-state index is -0.0736. The normalized spacial score (nSPS) is 18.5. The number of hydrogen-bond donors (Lipinski definition) is 1. The highest BCUT2D eigenvalue weighted by Gasteiger charge is 2.29. The van der Waals surface area contributed by atoms with Gasteiger partial charge in [-0.15, -0.1) is 0 Å². The zero-order chi connectivity index (χ0) is 19.5. The van der Waals surface area contributed by atoms with Crippen molar-refractivity contribution in [3.63, 3.8) is 0 Å². The molecular formula is C22H28N4O2. The average molecular weight is 380 g/mol. The Bertz CT molecular complexity index is 868. The topological polar surface area (TPSA) is 65.5 Å². The summed E-state index contributed by atoms with van der Waals surface area (Å²) in [6.45, 7) is 6.12. The van der Waals surface area contributed by atoms with Gasteiger partial charge < -0.3 is 10.2 Å². The van der Waals surface area contributed by atoms with E-state index in [0.29, 0.717) is 5.91 Å². The van der Waals surface area contributed by atoms with Crippen molar-refractivity contribution in [2.75, 3.05) is 31.5 Å². The van der Waals surface area contributed by atoms with Crippen LogP contribution in [0.2, 0.25) is 0 Å². The predicted molar refractivity (Wildman–Crippen MR) is 110 cm³/mol. The Balaban J connectivity index is 1.35. The summed E-state index contributed by atoms with van der Waals surface area (Å²) < 4.78 is 0. The fourth-order valence-corrected chi connectivity index (χ4v) is 4.30. The van der Waals surface area contributed by atoms with Gasteiger partial charge in [0.15, 0.2) is 0 Å². The second-order valence-electron chi connectivity index (χ2n) is 7.97. The summed E-state index contributed by atoms with van der Waals surface area (Å²) in [7, 11) is 0. The molecule has 1 aromatic carbocycles. The van der Waals surface area contributed by atoms with Gasteiger partial charge in [0.05, 0.1) is 11.2 Å². The van der Waals surface area contributed by atoms with E-state index < -0.39 is 0 Å². The number of nitrogens with zero attached hydrogens (tertiary/aromatic N) is 3. The lowest BCUT2D eigenvalue weighted by atomic mass is 9.95. The quantitative estimate of drug-likeness (QED) is 0.885. The minimum Gasteiger partial charge on any atom is -0.342 e. The molecule has 2 fully saturated rings. The first-order valence-electron chi connectivity index (χ1n) is 10.3. The molecule has 4 rings (SSSR count). The van der Waals surface area contributed by atoms with Crippen molar-refractivity contribution in [1.82, 2.24) is 14.8 Å². The van der Waals surface area contributed by atoms with Crippen LogP contribution in [0.3, 0.4) is 0 Å². The van der Waals surface area contributed by atoms with Crippen LogP contribution in [-0.4, -0.2) is 52.8 Å². The summed E-state index contributed by atoms with van der Waals surface area (Å²) in [5.41, 5.74) is 2.77. The molecule has 0 radical (unpaired) electrons. The van der Waals surface area contributed by atoms with Crippen LogP contribution in [-0.2, 0) is 16.1 Å². The Morgan fingerprint density at radius 3 is 2.54 bits per heavy atom. The molecule has 148 valence electrons. The molecule has 28 heavy (non-hydrogen) atoms. The van der Waals surface area contributed by atoms with Gasteiger partial charge in [0.2, 0.25) is 11.8 Å². The van der Waals surface area contributed by atoms with Gasteiger partial charge in [-0.2, -0.15) is 0 Å². The number of nitrogens with one attached hydrogen (secondary N) is 1. The molecule has 6 heteroatoms. The summed E-state index contributed by atoms with van der Waals surface area (Å²) in [6, 6.07) is 9.90. The average Bonchev–Trinajstić information content (AvgIpc) is 3.22. The van der Waals surface area contributed by atoms with Crippen molar-refractivity contribution >= 4 is 28.4 Å². The van der Waals surface area contributed by atoms with Crippen LogP contribution in [0, 0.1) is 5.92 Å². The van der Waals surface area contributed by atoms with Crippen molar-refractivity contribution < 1.29 is 9.59 Å². The van der Waals surface area contributed by atoms with E-state index in [0.717, 1.165) is 80.7 Å². The first-order chi connectivity index (χ1) is 13.6. The van der Waals surface area contributed by atoms with Gasteiger partial charge in [0, 0.05) is 43.5 Å². The summed E-state index contributed by atoms with van der Waals surface area (Å²) in [5.74, 6) is 0.498. The number of anilines is 1. The zero-order valence-corrected chi connectivity index (χ0v) is 16.5. The van der Waals surface area contributed by atoms with Crippen LogP contribution in [0.25, 0.3) is 10.9 Å². The highest BCUT2D eigenvalue weighted by atomic mass is 16.2. The number of amides is 2. The van der Waals surface area contributed by atoms with E-state index in [2.05, 4.69) is 27.2 Å². The molecule has 0 bridgehead atoms. The highest BCUT2D eigenvalue weighted by Crippen LogP contribution is 2.24. The zero-order valence-electron chi connectivity index (χ0n) is 16.5. The third-order valence-electron chi connectivity index (χ3n) is 5.81. The summed E-state index contributed by atoms with van der Waals surface area (Å²) in [6.07, 6.45) is 4.21. The number of fused-ring (bicyclic) bond motifs is 1. The molecule has 0 unspecified atom stereocenters. The highest BCUT2D eigenvalue weighted by molar-refractivity contribution is 5.92. The summed E-state index contributed by atoms with van der Waals surface area (Å²) in [4.78, 5) is 33.0. The Morgan fingerprint density at radius 1 is 1.07 bits per heavy atom. The van der Waals surface area contributed by atoms with Gasteiger partial charge in [0.1, 0.15) is 0 Å². The summed E-state index contributed by atoms with van der Waals surface area (Å²) in [5, 5.41) is 3.82. The minimum absolute atomic E-state index is 0.0736. The standard InChI is InChI=1S/C22H28N4O2/c1-16(27)23-19-6-7-21-18(14-19)4-5-20(24-21)15-25-12-8-17(9-13-25)22(28)26-10-2-3-11-26/h4-7,14,17H,2-3,8-13,15H2,1H3,(H,23,27). The van der Waals surface area contributed by atoms with E-state index in [9.17, 15) is 9.59 Å². The fraction of sp³-hybridized carbons (Fsp3) is 0.500. The lowest BCUT2D eigenvalue weighted by molar-refractivity contribution is -0.136. The number of pyridine rings is 1. The van der Waals surface area contributed by atoms with Gasteiger partial charge in [-0.05, 0) is 63.0 Å². The van der Waals surface area contributed by atoms with E-state index in [-0.39, 0.29) is 11.8 Å². The molecule has 0 spiro atoms. The number of likely N-dealkylation sites (tertiary alicyclic amines) is 2. The lowest BCUT2D eigenvalue weighted by Crippen LogP contribution is -2.41. The molecular weight excluding hydrogens is 352 g/mol. The largest absolute Gasteiger partial charge is 0.342 e. The third-order valence-corrected chi connectivity index (χ3v) is 5.81. The van der Waals surface area contributed by atoms with E-state index in [1.54, 1.807) is 0 Å².